The van der Waals surface area contributed by atoms with Gasteiger partial charge < -0.3 is 9.53 Å². The summed E-state index contributed by atoms with van der Waals surface area (Å²) >= 11 is 0. The van der Waals surface area contributed by atoms with Crippen molar-refractivity contribution in [2.75, 3.05) is 7.11 Å². The molecule has 2 heteroatoms. The van der Waals surface area contributed by atoms with Gasteiger partial charge in [0.25, 0.3) is 0 Å². The van der Waals surface area contributed by atoms with E-state index in [1.165, 1.54) is 0 Å². The predicted molar refractivity (Wildman–Crippen MR) is 38.7 cm³/mol. The van der Waals surface area contributed by atoms with Gasteiger partial charge in [0.15, 0.2) is 0 Å². The fraction of sp³-hybridized carbons (Fsp3) is 0.625. The summed E-state index contributed by atoms with van der Waals surface area (Å²) in [5.41, 5.74) is -0.366. The van der Waals surface area contributed by atoms with E-state index in [0.717, 1.165) is 19.1 Å². The van der Waals surface area contributed by atoms with Crippen LogP contribution in [0.25, 0.3) is 0 Å². The molecule has 0 heterocycles. The van der Waals surface area contributed by atoms with E-state index in [9.17, 15) is 4.79 Å². The highest BCUT2D eigenvalue weighted by Gasteiger charge is 2.44. The van der Waals surface area contributed by atoms with Crippen LogP contribution in [0.4, 0.5) is 0 Å². The van der Waals surface area contributed by atoms with Gasteiger partial charge in [-0.2, -0.15) is 0 Å². The Morgan fingerprint density at radius 3 is 2.60 bits per heavy atom. The Kier molecular flexibility index (Phi) is 1.90. The Morgan fingerprint density at radius 1 is 1.80 bits per heavy atom. The largest absolute Gasteiger partial charge is 0.380 e. The maximum atomic E-state index is 10.6. The Balaban J connectivity index is 2.65. The molecule has 0 amide bonds. The number of carbonyl (C=O) groups is 1. The molecule has 0 N–H and O–H groups in total. The highest BCUT2D eigenvalue weighted by molar-refractivity contribution is 5.65. The van der Waals surface area contributed by atoms with Gasteiger partial charge in [-0.1, -0.05) is 6.08 Å². The van der Waals surface area contributed by atoms with Crippen LogP contribution in [0, 0.1) is 5.41 Å². The van der Waals surface area contributed by atoms with Crippen molar-refractivity contribution >= 4 is 6.29 Å². The maximum absolute atomic E-state index is 10.6. The number of ether oxygens (including phenoxy) is 1. The monoisotopic (exact) mass is 140 g/mol. The molecule has 0 aromatic heterocycles. The van der Waals surface area contributed by atoms with Crippen LogP contribution in [0.2, 0.25) is 0 Å². The first-order valence-corrected chi connectivity index (χ1v) is 3.42. The highest BCUT2D eigenvalue weighted by atomic mass is 16.5. The lowest BCUT2D eigenvalue weighted by Gasteiger charge is -2.42. The fourth-order valence-electron chi connectivity index (χ4n) is 1.35. The summed E-state index contributed by atoms with van der Waals surface area (Å²) in [6.07, 6.45) is 4.57. The van der Waals surface area contributed by atoms with E-state index in [1.807, 2.05) is 0 Å². The minimum absolute atomic E-state index is 0.0718. The van der Waals surface area contributed by atoms with Crippen molar-refractivity contribution in [1.29, 1.82) is 0 Å². The van der Waals surface area contributed by atoms with Gasteiger partial charge in [0.05, 0.1) is 11.5 Å². The molecule has 1 rings (SSSR count). The molecule has 1 aliphatic rings. The number of hydrogen-bond acceptors (Lipinski definition) is 2. The summed E-state index contributed by atoms with van der Waals surface area (Å²) in [5, 5.41) is 0. The molecule has 2 unspecified atom stereocenters. The average molecular weight is 140 g/mol. The van der Waals surface area contributed by atoms with E-state index in [1.54, 1.807) is 13.2 Å². The lowest BCUT2D eigenvalue weighted by molar-refractivity contribution is -0.130. The van der Waals surface area contributed by atoms with E-state index in [2.05, 4.69) is 6.58 Å². The fourth-order valence-corrected chi connectivity index (χ4v) is 1.35. The van der Waals surface area contributed by atoms with Crippen LogP contribution in [0.1, 0.15) is 12.8 Å². The first-order valence-electron chi connectivity index (χ1n) is 3.42. The highest BCUT2D eigenvalue weighted by Crippen LogP contribution is 2.41. The number of carbonyl (C=O) groups excluding carboxylic acids is 1. The second kappa shape index (κ2) is 2.54. The summed E-state index contributed by atoms with van der Waals surface area (Å²) in [7, 11) is 1.63. The van der Waals surface area contributed by atoms with Gasteiger partial charge in [-0.15, -0.1) is 6.58 Å². The zero-order chi connectivity index (χ0) is 7.61. The minimum atomic E-state index is -0.366. The van der Waals surface area contributed by atoms with Crippen molar-refractivity contribution in [1.82, 2.24) is 0 Å². The zero-order valence-corrected chi connectivity index (χ0v) is 6.17. The average Bonchev–Trinajstić information content (AvgIpc) is 1.90. The van der Waals surface area contributed by atoms with Crippen molar-refractivity contribution in [2.45, 2.75) is 18.9 Å². The van der Waals surface area contributed by atoms with Crippen LogP contribution in [0.15, 0.2) is 12.7 Å². The molecule has 1 fully saturated rings. The summed E-state index contributed by atoms with van der Waals surface area (Å²) < 4.78 is 5.08. The normalized spacial score (nSPS) is 38.3. The summed E-state index contributed by atoms with van der Waals surface area (Å²) in [5.74, 6) is 0. The van der Waals surface area contributed by atoms with Crippen LogP contribution in [0.5, 0.6) is 0 Å². The number of aldehydes is 1. The van der Waals surface area contributed by atoms with Crippen LogP contribution in [-0.2, 0) is 9.53 Å². The molecule has 0 bridgehead atoms. The second-order valence-corrected chi connectivity index (χ2v) is 2.70. The molecular weight excluding hydrogens is 128 g/mol. The quantitative estimate of drug-likeness (QED) is 0.434. The number of methoxy groups -OCH3 is 1. The Bertz CT molecular complexity index is 141. The number of rotatable bonds is 3. The molecule has 56 valence electrons. The van der Waals surface area contributed by atoms with Crippen molar-refractivity contribution < 1.29 is 9.53 Å². The lowest BCUT2D eigenvalue weighted by Crippen LogP contribution is -2.45. The predicted octanol–water partition coefficient (Wildman–Crippen LogP) is 1.17. The molecule has 10 heavy (non-hydrogen) atoms. The first-order chi connectivity index (χ1) is 4.79. The van der Waals surface area contributed by atoms with Crippen LogP contribution >= 0.6 is 0 Å². The molecule has 0 aromatic rings. The van der Waals surface area contributed by atoms with Crippen molar-refractivity contribution in [3.8, 4) is 0 Å². The molecule has 1 saturated carbocycles. The zero-order valence-electron chi connectivity index (χ0n) is 6.17. The standard InChI is InChI=1S/C8H12O2/c1-3-8(6-9)5-4-7(8)10-2/h3,6-7H,1,4-5H2,2H3. The Labute approximate surface area is 60.9 Å². The molecule has 0 spiro atoms. The molecule has 2 nitrogen and oxygen atoms in total. The smallest absolute Gasteiger partial charge is 0.132 e. The molecule has 2 atom stereocenters. The van der Waals surface area contributed by atoms with Crippen molar-refractivity contribution in [3.63, 3.8) is 0 Å². The first kappa shape index (κ1) is 7.48. The van der Waals surface area contributed by atoms with Gasteiger partial charge in [0.2, 0.25) is 0 Å². The summed E-state index contributed by atoms with van der Waals surface area (Å²) in [4.78, 5) is 10.6. The van der Waals surface area contributed by atoms with Crippen molar-refractivity contribution in [2.24, 2.45) is 5.41 Å². The van der Waals surface area contributed by atoms with Gasteiger partial charge in [0, 0.05) is 7.11 Å². The van der Waals surface area contributed by atoms with Crippen LogP contribution in [-0.4, -0.2) is 19.5 Å². The van der Waals surface area contributed by atoms with E-state index in [4.69, 9.17) is 4.74 Å². The van der Waals surface area contributed by atoms with Gasteiger partial charge in [-0.25, -0.2) is 0 Å². The molecule has 0 aliphatic heterocycles. The van der Waals surface area contributed by atoms with Crippen LogP contribution in [0.3, 0.4) is 0 Å². The lowest BCUT2D eigenvalue weighted by atomic mass is 9.67. The Hall–Kier alpha value is -0.630. The van der Waals surface area contributed by atoms with E-state index in [-0.39, 0.29) is 11.5 Å². The third-order valence-electron chi connectivity index (χ3n) is 2.32. The molecular formula is C8H12O2. The third kappa shape index (κ3) is 0.797. The van der Waals surface area contributed by atoms with Crippen LogP contribution < -0.4 is 0 Å². The van der Waals surface area contributed by atoms with E-state index < -0.39 is 0 Å². The summed E-state index contributed by atoms with van der Waals surface area (Å²) in [6, 6.07) is 0. The molecule has 1 aliphatic carbocycles. The summed E-state index contributed by atoms with van der Waals surface area (Å²) in [6.45, 7) is 3.61. The maximum Gasteiger partial charge on any atom is 0.132 e. The van der Waals surface area contributed by atoms with Gasteiger partial charge in [-0.3, -0.25) is 0 Å². The van der Waals surface area contributed by atoms with Crippen molar-refractivity contribution in [3.05, 3.63) is 12.7 Å². The Morgan fingerprint density at radius 2 is 2.50 bits per heavy atom. The second-order valence-electron chi connectivity index (χ2n) is 2.70. The van der Waals surface area contributed by atoms with E-state index >= 15 is 0 Å². The molecule has 0 radical (unpaired) electrons. The van der Waals surface area contributed by atoms with E-state index in [0.29, 0.717) is 0 Å². The molecule has 0 aromatic carbocycles. The minimum Gasteiger partial charge on any atom is -0.380 e. The third-order valence-corrected chi connectivity index (χ3v) is 2.32. The molecule has 0 saturated heterocycles. The SMILES string of the molecule is C=CC1(C=O)CCC1OC. The van der Waals surface area contributed by atoms with Gasteiger partial charge >= 0.3 is 0 Å². The topological polar surface area (TPSA) is 26.3 Å². The number of hydrogen-bond donors (Lipinski definition) is 0. The van der Waals surface area contributed by atoms with Gasteiger partial charge in [-0.05, 0) is 12.8 Å². The van der Waals surface area contributed by atoms with Gasteiger partial charge in [0.1, 0.15) is 6.29 Å².